The molecule has 0 unspecified atom stereocenters. The summed E-state index contributed by atoms with van der Waals surface area (Å²) in [5.74, 6) is -1.63. The molecule has 1 amide bonds. The van der Waals surface area contributed by atoms with Gasteiger partial charge in [-0.3, -0.25) is 4.79 Å². The minimum Gasteiger partial charge on any atom is -0.465 e. The molecule has 2 aromatic carbocycles. The van der Waals surface area contributed by atoms with E-state index in [-0.39, 0.29) is 29.1 Å². The average molecular weight is 445 g/mol. The third kappa shape index (κ3) is 5.22. The number of hydrogen-bond acceptors (Lipinski definition) is 7. The van der Waals surface area contributed by atoms with Gasteiger partial charge in [-0.15, -0.1) is 11.3 Å². The first-order valence-corrected chi connectivity index (χ1v) is 9.97. The van der Waals surface area contributed by atoms with Gasteiger partial charge in [0.2, 0.25) is 5.91 Å². The number of carbonyl (C=O) groups is 3. The van der Waals surface area contributed by atoms with E-state index in [1.807, 2.05) is 12.1 Å². The minimum absolute atomic E-state index is 0.0209. The summed E-state index contributed by atoms with van der Waals surface area (Å²) >= 11 is 7.42. The number of amides is 1. The van der Waals surface area contributed by atoms with Crippen molar-refractivity contribution in [1.29, 1.82) is 0 Å². The van der Waals surface area contributed by atoms with Gasteiger partial charge in [0.25, 0.3) is 0 Å². The van der Waals surface area contributed by atoms with E-state index in [1.54, 1.807) is 17.5 Å². The van der Waals surface area contributed by atoms with Crippen molar-refractivity contribution in [3.05, 3.63) is 69.7 Å². The van der Waals surface area contributed by atoms with E-state index in [0.29, 0.717) is 10.7 Å². The fourth-order valence-electron chi connectivity index (χ4n) is 2.68. The van der Waals surface area contributed by atoms with Gasteiger partial charge in [0.15, 0.2) is 0 Å². The molecular formula is C21H17ClN2O5S. The van der Waals surface area contributed by atoms with Gasteiger partial charge in [-0.05, 0) is 30.3 Å². The number of halogens is 1. The van der Waals surface area contributed by atoms with Crippen LogP contribution in [0.1, 0.15) is 26.4 Å². The molecule has 1 N–H and O–H groups in total. The molecule has 9 heteroatoms. The van der Waals surface area contributed by atoms with Gasteiger partial charge < -0.3 is 14.8 Å². The molecule has 0 atom stereocenters. The molecule has 0 aliphatic heterocycles. The molecule has 0 saturated heterocycles. The lowest BCUT2D eigenvalue weighted by Crippen LogP contribution is -2.16. The zero-order chi connectivity index (χ0) is 21.7. The first kappa shape index (κ1) is 21.5. The van der Waals surface area contributed by atoms with Crippen LogP contribution in [0.15, 0.2) is 47.8 Å². The Kier molecular flexibility index (Phi) is 6.81. The molecule has 3 aromatic rings. The van der Waals surface area contributed by atoms with E-state index in [0.717, 1.165) is 10.6 Å². The lowest BCUT2D eigenvalue weighted by Gasteiger charge is -2.09. The predicted octanol–water partition coefficient (Wildman–Crippen LogP) is 4.22. The van der Waals surface area contributed by atoms with Gasteiger partial charge in [0.05, 0.1) is 37.5 Å². The molecule has 0 saturated carbocycles. The minimum atomic E-state index is -0.637. The summed E-state index contributed by atoms with van der Waals surface area (Å²) in [7, 11) is 2.45. The Hall–Kier alpha value is -3.23. The molecule has 30 heavy (non-hydrogen) atoms. The largest absolute Gasteiger partial charge is 0.465 e. The molecule has 3 rings (SSSR count). The van der Waals surface area contributed by atoms with Crippen LogP contribution in [0.5, 0.6) is 0 Å². The van der Waals surface area contributed by atoms with Crippen LogP contribution in [0.4, 0.5) is 5.69 Å². The van der Waals surface area contributed by atoms with Crippen LogP contribution in [0, 0.1) is 0 Å². The van der Waals surface area contributed by atoms with E-state index < -0.39 is 11.9 Å². The van der Waals surface area contributed by atoms with Crippen molar-refractivity contribution in [3.63, 3.8) is 0 Å². The van der Waals surface area contributed by atoms with Crippen LogP contribution in [-0.4, -0.2) is 37.0 Å². The number of aromatic nitrogens is 1. The van der Waals surface area contributed by atoms with Crippen molar-refractivity contribution in [1.82, 2.24) is 4.98 Å². The zero-order valence-corrected chi connectivity index (χ0v) is 17.7. The van der Waals surface area contributed by atoms with E-state index in [4.69, 9.17) is 21.1 Å². The Balaban J connectivity index is 1.76. The molecule has 0 spiro atoms. The van der Waals surface area contributed by atoms with Crippen molar-refractivity contribution in [3.8, 4) is 10.6 Å². The van der Waals surface area contributed by atoms with Gasteiger partial charge in [-0.1, -0.05) is 23.7 Å². The standard InChI is InChI=1S/C21H17ClN2O5S/c1-28-20(26)13-6-14(21(27)29-2)9-16(8-13)23-18(25)10-17-11-30-19(24-17)12-4-3-5-15(22)7-12/h3-9,11H,10H2,1-2H3,(H,23,25). The third-order valence-corrected chi connectivity index (χ3v) is 5.20. The smallest absolute Gasteiger partial charge is 0.337 e. The van der Waals surface area contributed by atoms with E-state index in [2.05, 4.69) is 10.3 Å². The highest BCUT2D eigenvalue weighted by Gasteiger charge is 2.16. The molecule has 154 valence electrons. The maximum absolute atomic E-state index is 12.5. The highest BCUT2D eigenvalue weighted by molar-refractivity contribution is 7.13. The van der Waals surface area contributed by atoms with Crippen LogP contribution in [0.3, 0.4) is 0 Å². The number of anilines is 1. The average Bonchev–Trinajstić information content (AvgIpc) is 3.20. The summed E-state index contributed by atoms with van der Waals surface area (Å²) in [5, 5.41) is 5.82. The van der Waals surface area contributed by atoms with Gasteiger partial charge >= 0.3 is 11.9 Å². The SMILES string of the molecule is COC(=O)c1cc(NC(=O)Cc2csc(-c3cccc(Cl)c3)n2)cc(C(=O)OC)c1. The van der Waals surface area contributed by atoms with Gasteiger partial charge in [-0.2, -0.15) is 0 Å². The predicted molar refractivity (Wildman–Crippen MR) is 114 cm³/mol. The van der Waals surface area contributed by atoms with Gasteiger partial charge in [-0.25, -0.2) is 14.6 Å². The molecule has 0 aliphatic carbocycles. The maximum Gasteiger partial charge on any atom is 0.337 e. The highest BCUT2D eigenvalue weighted by atomic mass is 35.5. The summed E-state index contributed by atoms with van der Waals surface area (Å²) in [6.45, 7) is 0. The summed E-state index contributed by atoms with van der Waals surface area (Å²) < 4.78 is 9.38. The van der Waals surface area contributed by atoms with Crippen molar-refractivity contribution >= 4 is 46.5 Å². The first-order chi connectivity index (χ1) is 14.4. The van der Waals surface area contributed by atoms with Crippen LogP contribution >= 0.6 is 22.9 Å². The van der Waals surface area contributed by atoms with Crippen LogP contribution < -0.4 is 5.32 Å². The van der Waals surface area contributed by atoms with Crippen molar-refractivity contribution in [2.75, 3.05) is 19.5 Å². The van der Waals surface area contributed by atoms with E-state index >= 15 is 0 Å². The molecule has 0 radical (unpaired) electrons. The Morgan fingerprint density at radius 1 is 1.03 bits per heavy atom. The van der Waals surface area contributed by atoms with Crippen molar-refractivity contribution in [2.24, 2.45) is 0 Å². The highest BCUT2D eigenvalue weighted by Crippen LogP contribution is 2.26. The normalized spacial score (nSPS) is 10.4. The number of esters is 2. The lowest BCUT2D eigenvalue weighted by atomic mass is 10.1. The molecule has 0 bridgehead atoms. The fraction of sp³-hybridized carbons (Fsp3) is 0.143. The molecule has 7 nitrogen and oxygen atoms in total. The van der Waals surface area contributed by atoms with Crippen LogP contribution in [0.25, 0.3) is 10.6 Å². The number of nitrogens with one attached hydrogen (secondary N) is 1. The molecule has 0 aliphatic rings. The molecule has 1 aromatic heterocycles. The monoisotopic (exact) mass is 444 g/mol. The Morgan fingerprint density at radius 2 is 1.70 bits per heavy atom. The maximum atomic E-state index is 12.5. The van der Waals surface area contributed by atoms with Gasteiger partial charge in [0, 0.05) is 21.7 Å². The van der Waals surface area contributed by atoms with E-state index in [1.165, 1.54) is 43.8 Å². The Morgan fingerprint density at radius 3 is 2.30 bits per heavy atom. The van der Waals surface area contributed by atoms with Gasteiger partial charge in [0.1, 0.15) is 5.01 Å². The number of benzene rings is 2. The molecular weight excluding hydrogens is 428 g/mol. The van der Waals surface area contributed by atoms with E-state index in [9.17, 15) is 14.4 Å². The number of hydrogen-bond donors (Lipinski definition) is 1. The quantitative estimate of drug-likeness (QED) is 0.572. The summed E-state index contributed by atoms with van der Waals surface area (Å²) in [6, 6.07) is 11.5. The second-order valence-corrected chi connectivity index (χ2v) is 7.46. The zero-order valence-electron chi connectivity index (χ0n) is 16.1. The Labute approximate surface area is 181 Å². The first-order valence-electron chi connectivity index (χ1n) is 8.71. The summed E-state index contributed by atoms with van der Waals surface area (Å²) in [4.78, 5) is 40.7. The molecule has 0 fully saturated rings. The van der Waals surface area contributed by atoms with Crippen molar-refractivity contribution in [2.45, 2.75) is 6.42 Å². The lowest BCUT2D eigenvalue weighted by molar-refractivity contribution is -0.115. The third-order valence-electron chi connectivity index (χ3n) is 4.02. The number of ether oxygens (including phenoxy) is 2. The number of rotatable bonds is 6. The number of methoxy groups -OCH3 is 2. The summed E-state index contributed by atoms with van der Waals surface area (Å²) in [5.41, 5.74) is 1.96. The summed E-state index contributed by atoms with van der Waals surface area (Å²) in [6.07, 6.45) is 0.0209. The van der Waals surface area contributed by atoms with Crippen LogP contribution in [-0.2, 0) is 20.7 Å². The topological polar surface area (TPSA) is 94.6 Å². The second kappa shape index (κ2) is 9.51. The number of nitrogens with zero attached hydrogens (tertiary/aromatic N) is 1. The fourth-order valence-corrected chi connectivity index (χ4v) is 3.69. The number of carbonyl (C=O) groups excluding carboxylic acids is 3. The Bertz CT molecular complexity index is 1080. The van der Waals surface area contributed by atoms with Crippen molar-refractivity contribution < 1.29 is 23.9 Å². The number of thiazole rings is 1. The molecule has 1 heterocycles. The van der Waals surface area contributed by atoms with Crippen LogP contribution in [0.2, 0.25) is 5.02 Å². The second-order valence-electron chi connectivity index (χ2n) is 6.16.